The van der Waals surface area contributed by atoms with Crippen LogP contribution in [0.1, 0.15) is 32.1 Å². The lowest BCUT2D eigenvalue weighted by Gasteiger charge is -2.32. The van der Waals surface area contributed by atoms with Crippen LogP contribution < -0.4 is 5.32 Å². The predicted molar refractivity (Wildman–Crippen MR) is 99.6 cm³/mol. The van der Waals surface area contributed by atoms with Crippen molar-refractivity contribution in [1.82, 2.24) is 4.90 Å². The molecule has 0 aromatic heterocycles. The van der Waals surface area contributed by atoms with Crippen LogP contribution in [0.3, 0.4) is 0 Å². The second-order valence-corrected chi connectivity index (χ2v) is 7.44. The summed E-state index contributed by atoms with van der Waals surface area (Å²) in [6.07, 6.45) is 4.96. The third kappa shape index (κ3) is 4.22. The molecule has 1 aromatic rings. The minimum Gasteiger partial charge on any atom is -0.468 e. The van der Waals surface area contributed by atoms with E-state index in [4.69, 9.17) is 16.3 Å². The van der Waals surface area contributed by atoms with E-state index in [1.807, 2.05) is 4.90 Å². The Morgan fingerprint density at radius 2 is 2.11 bits per heavy atom. The van der Waals surface area contributed by atoms with Gasteiger partial charge in [0.1, 0.15) is 6.04 Å². The summed E-state index contributed by atoms with van der Waals surface area (Å²) in [6, 6.07) is 3.67. The van der Waals surface area contributed by atoms with E-state index in [1.165, 1.54) is 25.3 Å². The van der Waals surface area contributed by atoms with Crippen molar-refractivity contribution in [3.8, 4) is 0 Å². The third-order valence-corrected chi connectivity index (χ3v) is 5.77. The number of halogens is 1. The summed E-state index contributed by atoms with van der Waals surface area (Å²) in [4.78, 5) is 36.9. The van der Waals surface area contributed by atoms with Crippen LogP contribution in [0.25, 0.3) is 0 Å². The molecule has 0 radical (unpaired) electrons. The molecule has 27 heavy (non-hydrogen) atoms. The van der Waals surface area contributed by atoms with Gasteiger partial charge in [0.05, 0.1) is 29.3 Å². The summed E-state index contributed by atoms with van der Waals surface area (Å²) < 4.78 is 4.93. The second-order valence-electron chi connectivity index (χ2n) is 7.03. The topological polar surface area (TPSA) is 102 Å². The van der Waals surface area contributed by atoms with Crippen LogP contribution in [0, 0.1) is 16.0 Å². The van der Waals surface area contributed by atoms with E-state index >= 15 is 0 Å². The number of hydrogen-bond acceptors (Lipinski definition) is 6. The lowest BCUT2D eigenvalue weighted by Crippen LogP contribution is -2.46. The number of hydrogen-bond donors (Lipinski definition) is 1. The van der Waals surface area contributed by atoms with Gasteiger partial charge in [-0.25, -0.2) is 0 Å². The lowest BCUT2D eigenvalue weighted by atomic mass is 9.85. The van der Waals surface area contributed by atoms with Crippen molar-refractivity contribution in [2.45, 2.75) is 44.2 Å². The molecule has 1 saturated carbocycles. The van der Waals surface area contributed by atoms with Gasteiger partial charge in [-0.15, -0.1) is 0 Å². The fraction of sp³-hybridized carbons (Fsp3) is 0.556. The average Bonchev–Trinajstić information content (AvgIpc) is 3.01. The minimum absolute atomic E-state index is 0.0499. The Balaban J connectivity index is 1.71. The number of carbonyl (C=O) groups excluding carboxylic acids is 2. The number of nitro benzene ring substituents is 1. The molecule has 1 saturated heterocycles. The fourth-order valence-corrected chi connectivity index (χ4v) is 4.44. The Morgan fingerprint density at radius 1 is 1.37 bits per heavy atom. The molecule has 1 aromatic carbocycles. The number of benzene rings is 1. The number of carbonyl (C=O) groups is 2. The van der Waals surface area contributed by atoms with Gasteiger partial charge in [-0.1, -0.05) is 24.4 Å². The first-order valence-corrected chi connectivity index (χ1v) is 9.36. The molecule has 0 bridgehead atoms. The summed E-state index contributed by atoms with van der Waals surface area (Å²) in [5.74, 6) is -0.227. The van der Waals surface area contributed by atoms with E-state index in [1.54, 1.807) is 0 Å². The van der Waals surface area contributed by atoms with Crippen LogP contribution in [-0.2, 0) is 14.3 Å². The molecule has 146 valence electrons. The molecule has 1 N–H and O–H groups in total. The van der Waals surface area contributed by atoms with Gasteiger partial charge in [0.15, 0.2) is 0 Å². The number of nitrogens with one attached hydrogen (secondary N) is 1. The molecule has 9 heteroatoms. The Hall–Kier alpha value is -2.19. The Morgan fingerprint density at radius 3 is 2.78 bits per heavy atom. The molecule has 1 heterocycles. The highest BCUT2D eigenvalue weighted by Gasteiger charge is 2.46. The van der Waals surface area contributed by atoms with Crippen molar-refractivity contribution >= 4 is 34.9 Å². The lowest BCUT2D eigenvalue weighted by molar-refractivity contribution is -0.384. The van der Waals surface area contributed by atoms with Gasteiger partial charge in [0.2, 0.25) is 5.91 Å². The number of likely N-dealkylation sites (tertiary alicyclic amines) is 1. The molecule has 1 aliphatic heterocycles. The maximum absolute atomic E-state index is 12.6. The van der Waals surface area contributed by atoms with Crippen LogP contribution >= 0.6 is 11.6 Å². The van der Waals surface area contributed by atoms with E-state index in [9.17, 15) is 19.7 Å². The van der Waals surface area contributed by atoms with Crippen LogP contribution in [0.2, 0.25) is 5.02 Å². The van der Waals surface area contributed by atoms with Gasteiger partial charge in [-0.2, -0.15) is 0 Å². The number of fused-ring (bicyclic) bond motifs is 1. The largest absolute Gasteiger partial charge is 0.468 e. The highest BCUT2D eigenvalue weighted by atomic mass is 35.5. The number of methoxy groups -OCH3 is 1. The molecule has 2 aliphatic rings. The van der Waals surface area contributed by atoms with Crippen molar-refractivity contribution in [1.29, 1.82) is 0 Å². The summed E-state index contributed by atoms with van der Waals surface area (Å²) in [5.41, 5.74) is 0.162. The van der Waals surface area contributed by atoms with Crippen LogP contribution in [-0.4, -0.2) is 47.4 Å². The zero-order valence-electron chi connectivity index (χ0n) is 15.0. The summed E-state index contributed by atoms with van der Waals surface area (Å²) in [7, 11) is 1.36. The normalized spacial score (nSPS) is 24.9. The molecule has 1 amide bonds. The zero-order valence-corrected chi connectivity index (χ0v) is 15.8. The Kier molecular flexibility index (Phi) is 5.96. The van der Waals surface area contributed by atoms with E-state index in [-0.39, 0.29) is 35.2 Å². The van der Waals surface area contributed by atoms with E-state index in [0.717, 1.165) is 25.7 Å². The Labute approximate surface area is 162 Å². The standard InChI is InChI=1S/C18H22ClN3O5/c1-27-18(24)16-8-11-4-2-3-5-15(11)21(16)10-17(23)20-14-7-6-12(22(25)26)9-13(14)19/h6-7,9,11,15-16H,2-5,8,10H2,1H3,(H,20,23)/t11-,15+,16+/m1/s1. The number of ether oxygens (including phenoxy) is 1. The molecule has 8 nitrogen and oxygen atoms in total. The first kappa shape index (κ1) is 19.6. The van der Waals surface area contributed by atoms with E-state index < -0.39 is 11.0 Å². The van der Waals surface area contributed by atoms with Gasteiger partial charge in [-0.05, 0) is 31.2 Å². The summed E-state index contributed by atoms with van der Waals surface area (Å²) in [6.45, 7) is 0.0499. The highest BCUT2D eigenvalue weighted by molar-refractivity contribution is 6.34. The number of nitro groups is 1. The maximum Gasteiger partial charge on any atom is 0.323 e. The monoisotopic (exact) mass is 395 g/mol. The van der Waals surface area contributed by atoms with E-state index in [0.29, 0.717) is 18.0 Å². The molecule has 2 fully saturated rings. The highest BCUT2D eigenvalue weighted by Crippen LogP contribution is 2.40. The van der Waals surface area contributed by atoms with Crippen LogP contribution in [0.4, 0.5) is 11.4 Å². The van der Waals surface area contributed by atoms with Crippen LogP contribution in [0.5, 0.6) is 0 Å². The molecular formula is C18H22ClN3O5. The third-order valence-electron chi connectivity index (χ3n) is 5.46. The van der Waals surface area contributed by atoms with Crippen LogP contribution in [0.15, 0.2) is 18.2 Å². The summed E-state index contributed by atoms with van der Waals surface area (Å²) in [5, 5.41) is 13.6. The fourth-order valence-electron chi connectivity index (χ4n) is 4.22. The average molecular weight is 396 g/mol. The van der Waals surface area contributed by atoms with E-state index in [2.05, 4.69) is 5.32 Å². The number of amides is 1. The number of esters is 1. The van der Waals surface area contributed by atoms with Crippen molar-refractivity contribution in [2.75, 3.05) is 19.0 Å². The first-order valence-electron chi connectivity index (χ1n) is 8.98. The van der Waals surface area contributed by atoms with Gasteiger partial charge in [0.25, 0.3) is 5.69 Å². The molecule has 0 spiro atoms. The maximum atomic E-state index is 12.6. The SMILES string of the molecule is COC(=O)[C@@H]1C[C@H]2CCCC[C@@H]2N1CC(=O)Nc1ccc([N+](=O)[O-])cc1Cl. The van der Waals surface area contributed by atoms with Gasteiger partial charge >= 0.3 is 5.97 Å². The van der Waals surface area contributed by atoms with Gasteiger partial charge in [-0.3, -0.25) is 24.6 Å². The Bertz CT molecular complexity index is 757. The molecule has 1 aliphatic carbocycles. The van der Waals surface area contributed by atoms with Gasteiger partial charge < -0.3 is 10.1 Å². The predicted octanol–water partition coefficient (Wildman–Crippen LogP) is 2.99. The number of anilines is 1. The molecule has 3 atom stereocenters. The van der Waals surface area contributed by atoms with Crippen molar-refractivity contribution in [3.63, 3.8) is 0 Å². The molecular weight excluding hydrogens is 374 g/mol. The smallest absolute Gasteiger partial charge is 0.323 e. The molecule has 0 unspecified atom stereocenters. The van der Waals surface area contributed by atoms with Crippen molar-refractivity contribution < 1.29 is 19.2 Å². The van der Waals surface area contributed by atoms with Crippen molar-refractivity contribution in [2.24, 2.45) is 5.92 Å². The molecule has 3 rings (SSSR count). The zero-order chi connectivity index (χ0) is 19.6. The number of nitrogens with zero attached hydrogens (tertiary/aromatic N) is 2. The van der Waals surface area contributed by atoms with Gasteiger partial charge in [0, 0.05) is 18.2 Å². The quantitative estimate of drug-likeness (QED) is 0.467. The first-order chi connectivity index (χ1) is 12.9. The second kappa shape index (κ2) is 8.22. The van der Waals surface area contributed by atoms with Crippen molar-refractivity contribution in [3.05, 3.63) is 33.3 Å². The number of non-ortho nitro benzene ring substituents is 1. The summed E-state index contributed by atoms with van der Waals surface area (Å²) >= 11 is 6.04. The number of rotatable bonds is 5. The minimum atomic E-state index is -0.550.